The van der Waals surface area contributed by atoms with Gasteiger partial charge in [0, 0.05) is 34.1 Å². The number of benzene rings is 1. The minimum atomic E-state index is 0.498. The molecule has 110 valence electrons. The predicted octanol–water partition coefficient (Wildman–Crippen LogP) is 4.06. The molecular weight excluding hydrogens is 316 g/mol. The van der Waals surface area contributed by atoms with E-state index in [1.807, 2.05) is 11.3 Å². The number of nitrogens with two attached hydrogens (primary N) is 1. The highest BCUT2D eigenvalue weighted by atomic mass is 32.2. The Morgan fingerprint density at radius 1 is 1.43 bits per heavy atom. The number of fused-ring (bicyclic) bond motifs is 1. The molecule has 0 bridgehead atoms. The minimum absolute atomic E-state index is 0.498. The predicted molar refractivity (Wildman–Crippen MR) is 97.8 cm³/mol. The van der Waals surface area contributed by atoms with E-state index in [1.54, 1.807) is 11.8 Å². The van der Waals surface area contributed by atoms with Crippen LogP contribution in [-0.4, -0.2) is 17.3 Å². The number of anilines is 1. The van der Waals surface area contributed by atoms with Crippen molar-refractivity contribution in [3.63, 3.8) is 0 Å². The molecule has 0 saturated heterocycles. The zero-order valence-corrected chi connectivity index (χ0v) is 14.4. The number of thiocarbonyl (C=S) groups is 1. The van der Waals surface area contributed by atoms with E-state index in [2.05, 4.69) is 41.5 Å². The number of hydrogen-bond acceptors (Lipinski definition) is 4. The summed E-state index contributed by atoms with van der Waals surface area (Å²) in [6, 6.07) is 8.60. The average Bonchev–Trinajstić information content (AvgIpc) is 2.94. The maximum Gasteiger partial charge on any atom is 0.107 e. The normalized spacial score (nSPS) is 14.0. The van der Waals surface area contributed by atoms with Crippen molar-refractivity contribution in [2.45, 2.75) is 24.8 Å². The first-order valence-corrected chi connectivity index (χ1v) is 9.34. The van der Waals surface area contributed by atoms with E-state index < -0.39 is 0 Å². The van der Waals surface area contributed by atoms with Gasteiger partial charge >= 0.3 is 0 Å². The zero-order chi connectivity index (χ0) is 14.8. The lowest BCUT2D eigenvalue weighted by molar-refractivity contribution is 0.742. The number of thioether (sulfide) groups is 1. The first-order chi connectivity index (χ1) is 10.2. The van der Waals surface area contributed by atoms with Gasteiger partial charge < -0.3 is 10.6 Å². The van der Waals surface area contributed by atoms with Gasteiger partial charge in [0.1, 0.15) is 4.99 Å². The third kappa shape index (κ3) is 2.96. The summed E-state index contributed by atoms with van der Waals surface area (Å²) >= 11 is 8.99. The van der Waals surface area contributed by atoms with Crippen LogP contribution in [-0.2, 0) is 13.0 Å². The van der Waals surface area contributed by atoms with Crippen LogP contribution in [0.15, 0.2) is 34.5 Å². The van der Waals surface area contributed by atoms with Crippen molar-refractivity contribution < 1.29 is 0 Å². The Morgan fingerprint density at radius 2 is 2.29 bits per heavy atom. The standard InChI is InChI=1S/C16H18N2S3/c1-2-20-14-5-3-4-12(15(14)16(17)19)18-8-6-13-11(10-18)7-9-21-13/h3-5,7,9H,2,6,8,10H2,1H3,(H2,17,19). The number of rotatable bonds is 4. The number of hydrogen-bond donors (Lipinski definition) is 1. The summed E-state index contributed by atoms with van der Waals surface area (Å²) in [4.78, 5) is 5.61. The number of thiophene rings is 1. The Morgan fingerprint density at radius 3 is 3.05 bits per heavy atom. The summed E-state index contributed by atoms with van der Waals surface area (Å²) in [5.74, 6) is 1.02. The molecule has 1 aromatic carbocycles. The SMILES string of the molecule is CCSc1cccc(N2CCc3sccc3C2)c1C(N)=S. The highest BCUT2D eigenvalue weighted by Gasteiger charge is 2.21. The van der Waals surface area contributed by atoms with E-state index in [-0.39, 0.29) is 0 Å². The fourth-order valence-corrected chi connectivity index (χ4v) is 4.77. The molecule has 1 aliphatic heterocycles. The lowest BCUT2D eigenvalue weighted by atomic mass is 10.1. The van der Waals surface area contributed by atoms with E-state index in [4.69, 9.17) is 18.0 Å². The third-order valence-corrected chi connectivity index (χ3v) is 5.87. The Bertz CT molecular complexity index is 663. The molecule has 0 amide bonds. The summed E-state index contributed by atoms with van der Waals surface area (Å²) in [6.45, 7) is 4.14. The molecule has 2 heterocycles. The van der Waals surface area contributed by atoms with Crippen LogP contribution in [0, 0.1) is 0 Å². The van der Waals surface area contributed by atoms with Crippen LogP contribution in [0.2, 0.25) is 0 Å². The highest BCUT2D eigenvalue weighted by Crippen LogP contribution is 2.34. The quantitative estimate of drug-likeness (QED) is 0.674. The van der Waals surface area contributed by atoms with Gasteiger partial charge in [-0.25, -0.2) is 0 Å². The second-order valence-electron chi connectivity index (χ2n) is 4.99. The average molecular weight is 335 g/mol. The van der Waals surface area contributed by atoms with E-state index in [1.165, 1.54) is 21.0 Å². The van der Waals surface area contributed by atoms with Gasteiger partial charge in [-0.3, -0.25) is 0 Å². The molecule has 1 aromatic heterocycles. The van der Waals surface area contributed by atoms with Crippen molar-refractivity contribution in [2.75, 3.05) is 17.2 Å². The molecule has 0 unspecified atom stereocenters. The van der Waals surface area contributed by atoms with Crippen LogP contribution in [0.4, 0.5) is 5.69 Å². The van der Waals surface area contributed by atoms with Gasteiger partial charge in [-0.05, 0) is 41.3 Å². The molecule has 1 aliphatic rings. The largest absolute Gasteiger partial charge is 0.389 e. The molecule has 21 heavy (non-hydrogen) atoms. The Kier molecular flexibility index (Phi) is 4.52. The van der Waals surface area contributed by atoms with Gasteiger partial charge in [-0.2, -0.15) is 0 Å². The second kappa shape index (κ2) is 6.38. The van der Waals surface area contributed by atoms with Crippen molar-refractivity contribution in [3.8, 4) is 0 Å². The summed E-state index contributed by atoms with van der Waals surface area (Å²) in [6.07, 6.45) is 1.11. The molecule has 2 N–H and O–H groups in total. The highest BCUT2D eigenvalue weighted by molar-refractivity contribution is 7.99. The molecule has 0 radical (unpaired) electrons. The molecule has 2 aromatic rings. The fourth-order valence-electron chi connectivity index (χ4n) is 2.76. The molecule has 0 saturated carbocycles. The molecular formula is C16H18N2S3. The van der Waals surface area contributed by atoms with Crippen LogP contribution in [0.25, 0.3) is 0 Å². The molecule has 0 spiro atoms. The van der Waals surface area contributed by atoms with Crippen molar-refractivity contribution in [1.82, 2.24) is 0 Å². The van der Waals surface area contributed by atoms with Crippen LogP contribution < -0.4 is 10.6 Å². The summed E-state index contributed by atoms with van der Waals surface area (Å²) in [5.41, 5.74) is 9.68. The molecule has 5 heteroatoms. The van der Waals surface area contributed by atoms with E-state index in [0.29, 0.717) is 4.99 Å². The zero-order valence-electron chi connectivity index (χ0n) is 12.0. The van der Waals surface area contributed by atoms with Crippen LogP contribution in [0.5, 0.6) is 0 Å². The minimum Gasteiger partial charge on any atom is -0.389 e. The van der Waals surface area contributed by atoms with E-state index in [0.717, 1.165) is 30.8 Å². The van der Waals surface area contributed by atoms with Gasteiger partial charge in [-0.15, -0.1) is 23.1 Å². The number of nitrogens with zero attached hydrogens (tertiary/aromatic N) is 1. The molecule has 0 aliphatic carbocycles. The van der Waals surface area contributed by atoms with Crippen molar-refractivity contribution in [3.05, 3.63) is 45.6 Å². The molecule has 3 rings (SSSR count). The van der Waals surface area contributed by atoms with Gasteiger partial charge in [0.2, 0.25) is 0 Å². The van der Waals surface area contributed by atoms with Crippen molar-refractivity contribution >= 4 is 46.0 Å². The Labute approximate surface area is 139 Å². The van der Waals surface area contributed by atoms with Crippen molar-refractivity contribution in [1.29, 1.82) is 0 Å². The maximum absolute atomic E-state index is 6.02. The summed E-state index contributed by atoms with van der Waals surface area (Å²) < 4.78 is 0. The molecule has 0 fully saturated rings. The summed E-state index contributed by atoms with van der Waals surface area (Å²) in [7, 11) is 0. The second-order valence-corrected chi connectivity index (χ2v) is 7.73. The van der Waals surface area contributed by atoms with Gasteiger partial charge in [0.25, 0.3) is 0 Å². The molecule has 0 atom stereocenters. The summed E-state index contributed by atoms with van der Waals surface area (Å²) in [5, 5.41) is 2.19. The first-order valence-electron chi connectivity index (χ1n) is 7.06. The third-order valence-electron chi connectivity index (χ3n) is 3.70. The van der Waals surface area contributed by atoms with Crippen molar-refractivity contribution in [2.24, 2.45) is 5.73 Å². The van der Waals surface area contributed by atoms with Gasteiger partial charge in [0.15, 0.2) is 0 Å². The first kappa shape index (κ1) is 14.9. The smallest absolute Gasteiger partial charge is 0.107 e. The maximum atomic E-state index is 6.02. The molecule has 2 nitrogen and oxygen atoms in total. The van der Waals surface area contributed by atoms with Gasteiger partial charge in [-0.1, -0.05) is 25.2 Å². The van der Waals surface area contributed by atoms with E-state index >= 15 is 0 Å². The lowest BCUT2D eigenvalue weighted by Crippen LogP contribution is -2.31. The topological polar surface area (TPSA) is 29.3 Å². The lowest BCUT2D eigenvalue weighted by Gasteiger charge is -2.31. The van der Waals surface area contributed by atoms with Crippen LogP contribution >= 0.6 is 35.3 Å². The Hall–Kier alpha value is -1.04. The monoisotopic (exact) mass is 334 g/mol. The van der Waals surface area contributed by atoms with E-state index in [9.17, 15) is 0 Å². The Balaban J connectivity index is 1.99. The van der Waals surface area contributed by atoms with Crippen LogP contribution in [0.1, 0.15) is 22.9 Å². The van der Waals surface area contributed by atoms with Crippen LogP contribution in [0.3, 0.4) is 0 Å². The fraction of sp³-hybridized carbons (Fsp3) is 0.312. The van der Waals surface area contributed by atoms with Gasteiger partial charge in [0.05, 0.1) is 0 Å².